The third-order valence-corrected chi connectivity index (χ3v) is 2.69. The Bertz CT molecular complexity index is 378. The number of hydrogen-bond donors (Lipinski definition) is 0. The fraction of sp³-hybridized carbons (Fsp3) is 0.200. The van der Waals surface area contributed by atoms with Gasteiger partial charge in [-0.05, 0) is 19.1 Å². The van der Waals surface area contributed by atoms with Crippen molar-refractivity contribution in [1.82, 2.24) is 0 Å². The lowest BCUT2D eigenvalue weighted by Crippen LogP contribution is -1.88. The molecule has 2 heteroatoms. The first-order valence-electron chi connectivity index (χ1n) is 4.01. The first-order valence-corrected chi connectivity index (χ1v) is 4.89. The van der Waals surface area contributed by atoms with Crippen LogP contribution >= 0.6 is 11.3 Å². The normalized spacial score (nSPS) is 10.4. The van der Waals surface area contributed by atoms with Crippen LogP contribution in [0, 0.1) is 0 Å². The van der Waals surface area contributed by atoms with E-state index in [1.54, 1.807) is 11.3 Å². The zero-order chi connectivity index (χ0) is 8.39. The largest absolute Gasteiger partial charge is 0.492 e. The van der Waals surface area contributed by atoms with Crippen LogP contribution in [0.5, 0.6) is 5.75 Å². The molecular weight excluding hydrogens is 168 g/mol. The summed E-state index contributed by atoms with van der Waals surface area (Å²) in [5.41, 5.74) is 0. The Hall–Kier alpha value is -1.02. The molecule has 0 spiro atoms. The Morgan fingerprint density at radius 2 is 2.17 bits per heavy atom. The molecule has 0 atom stereocenters. The lowest BCUT2D eigenvalue weighted by Gasteiger charge is -1.98. The minimum atomic E-state index is 0.737. The third-order valence-electron chi connectivity index (χ3n) is 1.75. The van der Waals surface area contributed by atoms with E-state index in [4.69, 9.17) is 4.74 Å². The minimum Gasteiger partial charge on any atom is -0.492 e. The van der Waals surface area contributed by atoms with E-state index in [1.165, 1.54) is 10.1 Å². The van der Waals surface area contributed by atoms with Gasteiger partial charge in [-0.15, -0.1) is 11.3 Å². The Morgan fingerprint density at radius 3 is 3.00 bits per heavy atom. The van der Waals surface area contributed by atoms with E-state index in [-0.39, 0.29) is 0 Å². The highest BCUT2D eigenvalue weighted by atomic mass is 32.1. The van der Waals surface area contributed by atoms with Crippen molar-refractivity contribution in [3.63, 3.8) is 0 Å². The fourth-order valence-corrected chi connectivity index (χ4v) is 2.10. The van der Waals surface area contributed by atoms with Gasteiger partial charge in [0.05, 0.1) is 6.61 Å². The van der Waals surface area contributed by atoms with Crippen molar-refractivity contribution >= 4 is 21.4 Å². The summed E-state index contributed by atoms with van der Waals surface area (Å²) in [7, 11) is 0. The Kier molecular flexibility index (Phi) is 2.00. The van der Waals surface area contributed by atoms with Gasteiger partial charge in [0.2, 0.25) is 0 Å². The van der Waals surface area contributed by atoms with Gasteiger partial charge in [0.25, 0.3) is 0 Å². The Morgan fingerprint density at radius 1 is 1.33 bits per heavy atom. The molecule has 0 radical (unpaired) electrons. The van der Waals surface area contributed by atoms with Crippen molar-refractivity contribution in [1.29, 1.82) is 0 Å². The van der Waals surface area contributed by atoms with E-state index in [1.807, 2.05) is 13.0 Å². The second-order valence-electron chi connectivity index (χ2n) is 2.53. The lowest BCUT2D eigenvalue weighted by molar-refractivity contribution is 0.345. The fourth-order valence-electron chi connectivity index (χ4n) is 1.22. The zero-order valence-electron chi connectivity index (χ0n) is 6.91. The first kappa shape index (κ1) is 7.62. The number of ether oxygens (including phenoxy) is 1. The van der Waals surface area contributed by atoms with Crippen LogP contribution in [0.3, 0.4) is 0 Å². The van der Waals surface area contributed by atoms with E-state index >= 15 is 0 Å². The molecule has 0 unspecified atom stereocenters. The maximum absolute atomic E-state index is 5.47. The quantitative estimate of drug-likeness (QED) is 0.685. The molecule has 1 aromatic heterocycles. The molecule has 0 fully saturated rings. The van der Waals surface area contributed by atoms with Gasteiger partial charge < -0.3 is 4.74 Å². The monoisotopic (exact) mass is 178 g/mol. The van der Waals surface area contributed by atoms with Crippen LogP contribution in [0.2, 0.25) is 0 Å². The molecule has 0 aliphatic heterocycles. The summed E-state index contributed by atoms with van der Waals surface area (Å²) in [6.07, 6.45) is 0. The summed E-state index contributed by atoms with van der Waals surface area (Å²) < 4.78 is 6.76. The van der Waals surface area contributed by atoms with Gasteiger partial charge in [0.1, 0.15) is 5.75 Å². The standard InChI is InChI=1S/C10H10OS/c1-2-11-9-7-12-10-6-4-3-5-8(9)10/h3-7H,2H2,1H3. The topological polar surface area (TPSA) is 9.23 Å². The van der Waals surface area contributed by atoms with Crippen LogP contribution in [-0.2, 0) is 0 Å². The van der Waals surface area contributed by atoms with Crippen LogP contribution < -0.4 is 4.74 Å². The molecule has 12 heavy (non-hydrogen) atoms. The van der Waals surface area contributed by atoms with E-state index in [0.717, 1.165) is 12.4 Å². The number of thiophene rings is 1. The van der Waals surface area contributed by atoms with Gasteiger partial charge in [0, 0.05) is 15.5 Å². The Balaban J connectivity index is 2.55. The SMILES string of the molecule is CCOc1csc2ccccc12. The average molecular weight is 178 g/mol. The summed E-state index contributed by atoms with van der Waals surface area (Å²) in [6.45, 7) is 2.74. The average Bonchev–Trinajstić information content (AvgIpc) is 2.50. The van der Waals surface area contributed by atoms with Crippen molar-refractivity contribution in [3.05, 3.63) is 29.6 Å². The Labute approximate surface area is 75.6 Å². The highest BCUT2D eigenvalue weighted by molar-refractivity contribution is 7.17. The van der Waals surface area contributed by atoms with Crippen molar-refractivity contribution in [2.24, 2.45) is 0 Å². The highest BCUT2D eigenvalue weighted by Crippen LogP contribution is 2.31. The third kappa shape index (κ3) is 1.18. The van der Waals surface area contributed by atoms with Gasteiger partial charge in [0.15, 0.2) is 0 Å². The smallest absolute Gasteiger partial charge is 0.137 e. The summed E-state index contributed by atoms with van der Waals surface area (Å²) in [5.74, 6) is 1.01. The van der Waals surface area contributed by atoms with E-state index in [0.29, 0.717) is 0 Å². The second-order valence-corrected chi connectivity index (χ2v) is 3.44. The summed E-state index contributed by atoms with van der Waals surface area (Å²) in [5, 5.41) is 3.29. The number of rotatable bonds is 2. The molecule has 0 amide bonds. The van der Waals surface area contributed by atoms with Crippen LogP contribution in [0.25, 0.3) is 10.1 Å². The first-order chi connectivity index (χ1) is 5.92. The number of benzene rings is 1. The minimum absolute atomic E-state index is 0.737. The van der Waals surface area contributed by atoms with Crippen molar-refractivity contribution in [2.75, 3.05) is 6.61 Å². The molecule has 1 aromatic carbocycles. The van der Waals surface area contributed by atoms with E-state index in [9.17, 15) is 0 Å². The molecule has 0 aliphatic rings. The van der Waals surface area contributed by atoms with E-state index in [2.05, 4.69) is 23.6 Å². The molecule has 0 bridgehead atoms. The zero-order valence-corrected chi connectivity index (χ0v) is 7.73. The number of hydrogen-bond acceptors (Lipinski definition) is 2. The van der Waals surface area contributed by atoms with Crippen LogP contribution in [-0.4, -0.2) is 6.61 Å². The molecule has 62 valence electrons. The lowest BCUT2D eigenvalue weighted by atomic mass is 10.2. The van der Waals surface area contributed by atoms with Crippen LogP contribution in [0.4, 0.5) is 0 Å². The van der Waals surface area contributed by atoms with Gasteiger partial charge in [-0.25, -0.2) is 0 Å². The summed E-state index contributed by atoms with van der Waals surface area (Å²) in [6, 6.07) is 8.30. The van der Waals surface area contributed by atoms with E-state index < -0.39 is 0 Å². The summed E-state index contributed by atoms with van der Waals surface area (Å²) in [4.78, 5) is 0. The second kappa shape index (κ2) is 3.15. The van der Waals surface area contributed by atoms with Crippen molar-refractivity contribution in [2.45, 2.75) is 6.92 Å². The predicted molar refractivity (Wildman–Crippen MR) is 53.0 cm³/mol. The van der Waals surface area contributed by atoms with Crippen molar-refractivity contribution in [3.8, 4) is 5.75 Å². The number of fused-ring (bicyclic) bond motifs is 1. The van der Waals surface area contributed by atoms with Gasteiger partial charge in [-0.1, -0.05) is 12.1 Å². The molecule has 2 rings (SSSR count). The van der Waals surface area contributed by atoms with Gasteiger partial charge >= 0.3 is 0 Å². The van der Waals surface area contributed by atoms with Crippen LogP contribution in [0.1, 0.15) is 6.92 Å². The maximum Gasteiger partial charge on any atom is 0.137 e. The molecule has 1 nitrogen and oxygen atoms in total. The predicted octanol–water partition coefficient (Wildman–Crippen LogP) is 3.30. The van der Waals surface area contributed by atoms with Gasteiger partial charge in [-0.2, -0.15) is 0 Å². The molecule has 0 N–H and O–H groups in total. The maximum atomic E-state index is 5.47. The molecule has 1 heterocycles. The molecule has 0 aliphatic carbocycles. The highest BCUT2D eigenvalue weighted by Gasteiger charge is 2.01. The van der Waals surface area contributed by atoms with Gasteiger partial charge in [-0.3, -0.25) is 0 Å². The molecule has 2 aromatic rings. The molecule has 0 saturated carbocycles. The molecular formula is C10H10OS. The molecule has 0 saturated heterocycles. The summed E-state index contributed by atoms with van der Waals surface area (Å²) >= 11 is 1.73. The van der Waals surface area contributed by atoms with Crippen molar-refractivity contribution < 1.29 is 4.74 Å². The van der Waals surface area contributed by atoms with Crippen LogP contribution in [0.15, 0.2) is 29.6 Å².